The van der Waals surface area contributed by atoms with Gasteiger partial charge in [-0.2, -0.15) is 0 Å². The number of esters is 1. The molecule has 4 rings (SSSR count). The molecule has 3 saturated carbocycles. The van der Waals surface area contributed by atoms with E-state index in [0.717, 1.165) is 38.5 Å². The van der Waals surface area contributed by atoms with Crippen molar-refractivity contribution in [2.45, 2.75) is 77.7 Å². The van der Waals surface area contributed by atoms with E-state index in [2.05, 4.69) is 13.8 Å². The van der Waals surface area contributed by atoms with Crippen LogP contribution in [0.15, 0.2) is 11.6 Å². The van der Waals surface area contributed by atoms with Crippen molar-refractivity contribution in [2.75, 3.05) is 6.54 Å². The van der Waals surface area contributed by atoms with E-state index in [4.69, 9.17) is 10.5 Å². The van der Waals surface area contributed by atoms with E-state index in [0.29, 0.717) is 30.6 Å². The molecule has 4 aliphatic rings. The van der Waals surface area contributed by atoms with E-state index in [9.17, 15) is 14.4 Å². The Balaban J connectivity index is 1.69. The number of hydrogen-bond acceptors (Lipinski definition) is 5. The smallest absolute Gasteiger partial charge is 0.320 e. The topological polar surface area (TPSA) is 86.5 Å². The average Bonchev–Trinajstić information content (AvgIpc) is 2.95. The van der Waals surface area contributed by atoms with Gasteiger partial charge in [-0.05, 0) is 81.1 Å². The third kappa shape index (κ3) is 2.51. The Morgan fingerprint density at radius 1 is 1.11 bits per heavy atom. The van der Waals surface area contributed by atoms with Crippen LogP contribution in [0.3, 0.4) is 0 Å². The lowest BCUT2D eigenvalue weighted by Crippen LogP contribution is -2.59. The molecule has 0 spiro atoms. The second-order valence-electron chi connectivity index (χ2n) is 10.0. The predicted octanol–water partition coefficient (Wildman–Crippen LogP) is 3.35. The molecule has 0 aromatic heterocycles. The first kappa shape index (κ1) is 19.8. The summed E-state index contributed by atoms with van der Waals surface area (Å²) in [6.45, 7) is 5.90. The lowest BCUT2D eigenvalue weighted by molar-refractivity contribution is -0.187. The summed E-state index contributed by atoms with van der Waals surface area (Å²) in [6, 6.07) is 0. The molecule has 0 heterocycles. The molecule has 4 aliphatic carbocycles. The van der Waals surface area contributed by atoms with Crippen molar-refractivity contribution in [2.24, 2.45) is 34.3 Å². The molecule has 0 bridgehead atoms. The van der Waals surface area contributed by atoms with Crippen molar-refractivity contribution in [3.05, 3.63) is 11.6 Å². The van der Waals surface area contributed by atoms with Crippen LogP contribution < -0.4 is 5.73 Å². The number of allylic oxidation sites excluding steroid dienone is 1. The van der Waals surface area contributed by atoms with Gasteiger partial charge < -0.3 is 10.5 Å². The number of carbonyl (C=O) groups excluding carboxylic acids is 3. The summed E-state index contributed by atoms with van der Waals surface area (Å²) in [5.74, 6) is 1.20. The second-order valence-corrected chi connectivity index (χ2v) is 10.0. The molecular formula is C23H33NO4. The van der Waals surface area contributed by atoms with Gasteiger partial charge in [0.2, 0.25) is 0 Å². The normalized spacial score (nSPS) is 44.8. The van der Waals surface area contributed by atoms with Crippen molar-refractivity contribution in [1.29, 1.82) is 0 Å². The number of rotatable bonds is 3. The van der Waals surface area contributed by atoms with Crippen molar-refractivity contribution >= 4 is 17.5 Å². The van der Waals surface area contributed by atoms with Gasteiger partial charge in [0.1, 0.15) is 0 Å². The van der Waals surface area contributed by atoms with Gasteiger partial charge in [-0.25, -0.2) is 0 Å². The Morgan fingerprint density at radius 2 is 1.82 bits per heavy atom. The minimum Gasteiger partial charge on any atom is -0.450 e. The summed E-state index contributed by atoms with van der Waals surface area (Å²) in [6.07, 6.45) is 9.00. The van der Waals surface area contributed by atoms with Crippen LogP contribution in [0.2, 0.25) is 0 Å². The largest absolute Gasteiger partial charge is 0.450 e. The van der Waals surface area contributed by atoms with Crippen LogP contribution in [-0.4, -0.2) is 29.7 Å². The highest BCUT2D eigenvalue weighted by atomic mass is 16.6. The molecule has 0 aromatic rings. The average molecular weight is 388 g/mol. The van der Waals surface area contributed by atoms with E-state index >= 15 is 0 Å². The zero-order chi connectivity index (χ0) is 20.3. The third-order valence-electron chi connectivity index (χ3n) is 9.11. The Bertz CT molecular complexity index is 758. The quantitative estimate of drug-likeness (QED) is 0.751. The van der Waals surface area contributed by atoms with Crippen molar-refractivity contribution in [3.8, 4) is 0 Å². The van der Waals surface area contributed by atoms with Crippen LogP contribution in [0, 0.1) is 28.6 Å². The molecule has 5 heteroatoms. The number of fused-ring (bicyclic) bond motifs is 5. The minimum absolute atomic E-state index is 0.0383. The fourth-order valence-electron chi connectivity index (χ4n) is 7.61. The highest BCUT2D eigenvalue weighted by Crippen LogP contribution is 2.68. The van der Waals surface area contributed by atoms with Crippen LogP contribution in [-0.2, 0) is 19.1 Å². The Labute approximate surface area is 167 Å². The van der Waals surface area contributed by atoms with Gasteiger partial charge in [-0.15, -0.1) is 0 Å². The molecule has 6 atom stereocenters. The standard InChI is InChI=1S/C23H33NO4/c1-14(25)23(28-20(27)13-24)11-8-19-17-5-4-15-12-16(26)6-9-21(15,2)18(17)7-10-22(19,23)3/h12,17-19H,4-11,13,24H2,1-3H3/t17-,18+,19+,21+,22+,23+/m1/s1. The second kappa shape index (κ2) is 6.51. The first-order chi connectivity index (χ1) is 13.2. The SMILES string of the molecule is CC(=O)[C@@]1(OC(=O)CN)CC[C@H]2[C@@H]3CCC4=CC(=O)CC[C@]4(C)[C@H]3CC[C@@]21C. The number of nitrogens with two attached hydrogens (primary N) is 1. The van der Waals surface area contributed by atoms with Gasteiger partial charge >= 0.3 is 5.97 Å². The van der Waals surface area contributed by atoms with Crippen LogP contribution in [0.25, 0.3) is 0 Å². The van der Waals surface area contributed by atoms with Gasteiger partial charge in [-0.1, -0.05) is 19.4 Å². The lowest BCUT2D eigenvalue weighted by atomic mass is 9.46. The molecule has 0 amide bonds. The third-order valence-corrected chi connectivity index (χ3v) is 9.11. The summed E-state index contributed by atoms with van der Waals surface area (Å²) in [7, 11) is 0. The first-order valence-electron chi connectivity index (χ1n) is 10.8. The van der Waals surface area contributed by atoms with Gasteiger partial charge in [0.25, 0.3) is 0 Å². The van der Waals surface area contributed by atoms with Crippen LogP contribution in [0.4, 0.5) is 0 Å². The molecule has 0 aliphatic heterocycles. The maximum atomic E-state index is 12.8. The molecule has 0 radical (unpaired) electrons. The number of hydrogen-bond donors (Lipinski definition) is 1. The molecule has 0 aromatic carbocycles. The van der Waals surface area contributed by atoms with Crippen LogP contribution in [0.5, 0.6) is 0 Å². The molecule has 5 nitrogen and oxygen atoms in total. The highest BCUT2D eigenvalue weighted by molar-refractivity contribution is 5.92. The van der Waals surface area contributed by atoms with Gasteiger partial charge in [0.15, 0.2) is 17.2 Å². The molecule has 154 valence electrons. The van der Waals surface area contributed by atoms with Crippen molar-refractivity contribution in [1.82, 2.24) is 0 Å². The molecule has 0 unspecified atom stereocenters. The fraction of sp³-hybridized carbons (Fsp3) is 0.783. The molecule has 3 fully saturated rings. The zero-order valence-electron chi connectivity index (χ0n) is 17.4. The zero-order valence-corrected chi connectivity index (χ0v) is 17.4. The summed E-state index contributed by atoms with van der Waals surface area (Å²) in [4.78, 5) is 36.9. The predicted molar refractivity (Wildman–Crippen MR) is 105 cm³/mol. The maximum absolute atomic E-state index is 12.8. The first-order valence-corrected chi connectivity index (χ1v) is 10.8. The number of ether oxygens (including phenoxy) is 1. The van der Waals surface area contributed by atoms with E-state index < -0.39 is 11.6 Å². The van der Waals surface area contributed by atoms with E-state index in [-0.39, 0.29) is 28.9 Å². The van der Waals surface area contributed by atoms with Crippen molar-refractivity contribution in [3.63, 3.8) is 0 Å². The van der Waals surface area contributed by atoms with Crippen LogP contribution >= 0.6 is 0 Å². The van der Waals surface area contributed by atoms with E-state index in [1.165, 1.54) is 5.57 Å². The van der Waals surface area contributed by atoms with Gasteiger partial charge in [0.05, 0.1) is 6.54 Å². The fourth-order valence-corrected chi connectivity index (χ4v) is 7.61. The summed E-state index contributed by atoms with van der Waals surface area (Å²) in [5.41, 5.74) is 5.60. The van der Waals surface area contributed by atoms with Gasteiger partial charge in [0, 0.05) is 11.8 Å². The summed E-state index contributed by atoms with van der Waals surface area (Å²) in [5, 5.41) is 0. The minimum atomic E-state index is -1.03. The summed E-state index contributed by atoms with van der Waals surface area (Å²) >= 11 is 0. The number of Topliss-reactive ketones (excluding diaryl/α,β-unsaturated/α-hetero) is 1. The summed E-state index contributed by atoms with van der Waals surface area (Å²) < 4.78 is 5.84. The van der Waals surface area contributed by atoms with Gasteiger partial charge in [-0.3, -0.25) is 14.4 Å². The Morgan fingerprint density at radius 3 is 2.50 bits per heavy atom. The van der Waals surface area contributed by atoms with E-state index in [1.54, 1.807) is 6.92 Å². The molecular weight excluding hydrogens is 354 g/mol. The lowest BCUT2D eigenvalue weighted by Gasteiger charge is -2.59. The number of ketones is 2. The molecule has 28 heavy (non-hydrogen) atoms. The van der Waals surface area contributed by atoms with Crippen LogP contribution in [0.1, 0.15) is 72.1 Å². The van der Waals surface area contributed by atoms with Crippen molar-refractivity contribution < 1.29 is 19.1 Å². The maximum Gasteiger partial charge on any atom is 0.320 e. The molecule has 0 saturated heterocycles. The number of carbonyl (C=O) groups is 3. The monoisotopic (exact) mass is 387 g/mol. The molecule has 2 N–H and O–H groups in total. The van der Waals surface area contributed by atoms with E-state index in [1.807, 2.05) is 6.08 Å². The highest BCUT2D eigenvalue weighted by Gasteiger charge is 2.67. The Hall–Kier alpha value is -1.49. The Kier molecular flexibility index (Phi) is 4.61.